The number of nitrogens with zero attached hydrogens (tertiary/aromatic N) is 3. The highest BCUT2D eigenvalue weighted by atomic mass is 32.2. The van der Waals surface area contributed by atoms with Crippen LogP contribution in [0, 0.1) is 21.8 Å². The second kappa shape index (κ2) is 13.2. The van der Waals surface area contributed by atoms with Crippen molar-refractivity contribution in [2.24, 2.45) is 5.92 Å². The van der Waals surface area contributed by atoms with E-state index in [1.54, 1.807) is 6.92 Å². The second-order valence-electron chi connectivity index (χ2n) is 9.09. The number of nitrogens with one attached hydrogen (secondary N) is 1. The van der Waals surface area contributed by atoms with E-state index in [1.165, 1.54) is 42.3 Å². The number of rotatable bonds is 13. The van der Waals surface area contributed by atoms with Crippen molar-refractivity contribution < 1.29 is 32.1 Å². The van der Waals surface area contributed by atoms with E-state index < -0.39 is 50.9 Å². The Morgan fingerprint density at radius 2 is 1.79 bits per heavy atom. The number of carbonyl (C=O) groups is 2. The summed E-state index contributed by atoms with van der Waals surface area (Å²) < 4.78 is 45.0. The van der Waals surface area contributed by atoms with E-state index in [1.807, 2.05) is 13.8 Å². The number of hydrogen-bond donors (Lipinski definition) is 1. The van der Waals surface area contributed by atoms with E-state index in [0.717, 1.165) is 18.4 Å². The third-order valence-electron chi connectivity index (χ3n) is 5.66. The Kier molecular flexibility index (Phi) is 10.6. The lowest BCUT2D eigenvalue weighted by Gasteiger charge is -2.33. The Morgan fingerprint density at radius 1 is 1.16 bits per heavy atom. The molecule has 11 nitrogen and oxygen atoms in total. The number of halogens is 1. The molecule has 0 saturated carbocycles. The minimum absolute atomic E-state index is 0.000581. The summed E-state index contributed by atoms with van der Waals surface area (Å²) in [5.41, 5.74) is -0.0742. The minimum atomic E-state index is -4.14. The van der Waals surface area contributed by atoms with E-state index in [0.29, 0.717) is 16.4 Å². The summed E-state index contributed by atoms with van der Waals surface area (Å²) in [5.74, 6) is -1.48. The van der Waals surface area contributed by atoms with Crippen LogP contribution in [0.15, 0.2) is 42.5 Å². The summed E-state index contributed by atoms with van der Waals surface area (Å²) in [5, 5.41) is 14.1. The van der Waals surface area contributed by atoms with Gasteiger partial charge < -0.3 is 15.0 Å². The third-order valence-corrected chi connectivity index (χ3v) is 6.78. The molecule has 0 radical (unpaired) electrons. The largest absolute Gasteiger partial charge is 0.495 e. The van der Waals surface area contributed by atoms with Crippen LogP contribution in [-0.2, 0) is 26.2 Å². The van der Waals surface area contributed by atoms with Gasteiger partial charge in [0.25, 0.3) is 5.69 Å². The predicted octanol–water partition coefficient (Wildman–Crippen LogP) is 3.09. The van der Waals surface area contributed by atoms with Crippen molar-refractivity contribution in [3.05, 3.63) is 64.0 Å². The predicted molar refractivity (Wildman–Crippen MR) is 141 cm³/mol. The first kappa shape index (κ1) is 30.5. The zero-order valence-corrected chi connectivity index (χ0v) is 22.8. The summed E-state index contributed by atoms with van der Waals surface area (Å²) in [7, 11) is -2.88. The molecular weight excluding hydrogens is 519 g/mol. The second-order valence-corrected chi connectivity index (χ2v) is 11.0. The number of sulfonamides is 1. The van der Waals surface area contributed by atoms with Crippen molar-refractivity contribution in [1.82, 2.24) is 10.2 Å². The molecule has 0 fully saturated rings. The van der Waals surface area contributed by atoms with Gasteiger partial charge in [0.05, 0.1) is 18.3 Å². The van der Waals surface area contributed by atoms with Crippen LogP contribution >= 0.6 is 0 Å². The van der Waals surface area contributed by atoms with Crippen molar-refractivity contribution in [3.8, 4) is 5.75 Å². The first-order valence-corrected chi connectivity index (χ1v) is 13.7. The smallest absolute Gasteiger partial charge is 0.271 e. The molecule has 0 heterocycles. The molecule has 0 saturated heterocycles. The van der Waals surface area contributed by atoms with Gasteiger partial charge in [-0.3, -0.25) is 24.0 Å². The zero-order chi connectivity index (χ0) is 28.6. The molecule has 0 aliphatic carbocycles. The van der Waals surface area contributed by atoms with Gasteiger partial charge in [0.1, 0.15) is 29.8 Å². The number of hydrogen-bond acceptors (Lipinski definition) is 7. The third kappa shape index (κ3) is 8.13. The van der Waals surface area contributed by atoms with E-state index in [-0.39, 0.29) is 30.3 Å². The highest BCUT2D eigenvalue weighted by molar-refractivity contribution is 7.92. The van der Waals surface area contributed by atoms with Gasteiger partial charge in [-0.1, -0.05) is 32.9 Å². The van der Waals surface area contributed by atoms with Gasteiger partial charge in [-0.15, -0.1) is 0 Å². The average molecular weight is 553 g/mol. The number of nitro groups is 1. The van der Waals surface area contributed by atoms with Crippen LogP contribution in [0.2, 0.25) is 0 Å². The van der Waals surface area contributed by atoms with E-state index >= 15 is 0 Å². The molecule has 0 aliphatic heterocycles. The number of benzene rings is 2. The van der Waals surface area contributed by atoms with Crippen LogP contribution in [0.25, 0.3) is 0 Å². The molecule has 2 rings (SSSR count). The Morgan fingerprint density at radius 3 is 2.29 bits per heavy atom. The van der Waals surface area contributed by atoms with Crippen molar-refractivity contribution in [2.45, 2.75) is 39.8 Å². The fourth-order valence-corrected chi connectivity index (χ4v) is 4.56. The Bertz CT molecular complexity index is 1250. The normalized spacial score (nSPS) is 12.1. The van der Waals surface area contributed by atoms with E-state index in [2.05, 4.69) is 5.32 Å². The molecule has 2 amide bonds. The molecule has 2 aromatic carbocycles. The molecule has 1 atom stereocenters. The minimum Gasteiger partial charge on any atom is -0.495 e. The summed E-state index contributed by atoms with van der Waals surface area (Å²) in [6, 6.07) is 7.80. The monoisotopic (exact) mass is 552 g/mol. The van der Waals surface area contributed by atoms with Crippen LogP contribution in [-0.4, -0.2) is 62.6 Å². The fraction of sp³-hybridized carbons (Fsp3) is 0.440. The molecule has 1 N–H and O–H groups in total. The van der Waals surface area contributed by atoms with Crippen LogP contribution in [0.3, 0.4) is 0 Å². The summed E-state index contributed by atoms with van der Waals surface area (Å²) in [6.45, 7) is 5.05. The Balaban J connectivity index is 2.53. The quantitative estimate of drug-likeness (QED) is 0.298. The Hall–Kier alpha value is -3.74. The van der Waals surface area contributed by atoms with Crippen molar-refractivity contribution in [2.75, 3.05) is 30.8 Å². The standard InChI is InChI=1S/C25H33FN4O7S/c1-6-21(25(32)27-14-17(2)3)28(15-18-7-9-19(26)10-8-18)24(31)16-29(38(5,35)36)22-13-20(30(33)34)11-12-23(22)37-4/h7-13,17,21H,6,14-16H2,1-5H3,(H,27,32)/t21-/m1/s1. The molecule has 13 heteroatoms. The number of methoxy groups -OCH3 is 1. The lowest BCUT2D eigenvalue weighted by atomic mass is 10.1. The van der Waals surface area contributed by atoms with Crippen LogP contribution in [0.4, 0.5) is 15.8 Å². The molecule has 2 aromatic rings. The SMILES string of the molecule is CC[C@H](C(=O)NCC(C)C)N(Cc1ccc(F)cc1)C(=O)CN(c1cc([N+](=O)[O-])ccc1OC)S(C)(=O)=O. The number of anilines is 1. The van der Waals surface area contributed by atoms with Gasteiger partial charge in [0.2, 0.25) is 21.8 Å². The molecule has 0 spiro atoms. The van der Waals surface area contributed by atoms with E-state index in [9.17, 15) is 32.5 Å². The molecule has 38 heavy (non-hydrogen) atoms. The number of amides is 2. The van der Waals surface area contributed by atoms with Gasteiger partial charge in [0, 0.05) is 25.2 Å². The van der Waals surface area contributed by atoms with Crippen molar-refractivity contribution >= 4 is 33.2 Å². The molecule has 0 unspecified atom stereocenters. The maximum Gasteiger partial charge on any atom is 0.271 e. The van der Waals surface area contributed by atoms with Crippen LogP contribution in [0.5, 0.6) is 5.75 Å². The maximum atomic E-state index is 13.7. The maximum absolute atomic E-state index is 13.7. The lowest BCUT2D eigenvalue weighted by Crippen LogP contribution is -2.52. The number of non-ortho nitro benzene ring substituents is 1. The molecule has 0 aromatic heterocycles. The molecule has 0 aliphatic rings. The van der Waals surface area contributed by atoms with Gasteiger partial charge in [-0.2, -0.15) is 0 Å². The molecular formula is C25H33FN4O7S. The van der Waals surface area contributed by atoms with Crippen molar-refractivity contribution in [1.29, 1.82) is 0 Å². The first-order valence-electron chi connectivity index (χ1n) is 11.9. The lowest BCUT2D eigenvalue weighted by molar-refractivity contribution is -0.384. The van der Waals surface area contributed by atoms with Gasteiger partial charge in [-0.25, -0.2) is 12.8 Å². The fourth-order valence-electron chi connectivity index (χ4n) is 3.71. The van der Waals surface area contributed by atoms with Gasteiger partial charge in [-0.05, 0) is 36.1 Å². The molecule has 0 bridgehead atoms. The zero-order valence-electron chi connectivity index (χ0n) is 22.0. The van der Waals surface area contributed by atoms with Crippen molar-refractivity contribution in [3.63, 3.8) is 0 Å². The van der Waals surface area contributed by atoms with Crippen LogP contribution in [0.1, 0.15) is 32.8 Å². The average Bonchev–Trinajstić information content (AvgIpc) is 2.85. The summed E-state index contributed by atoms with van der Waals surface area (Å²) in [6.07, 6.45) is 1.07. The summed E-state index contributed by atoms with van der Waals surface area (Å²) in [4.78, 5) is 38.6. The van der Waals surface area contributed by atoms with Crippen LogP contribution < -0.4 is 14.4 Å². The summed E-state index contributed by atoms with van der Waals surface area (Å²) >= 11 is 0. The Labute approximate surface area is 221 Å². The van der Waals surface area contributed by atoms with E-state index in [4.69, 9.17) is 4.74 Å². The highest BCUT2D eigenvalue weighted by Crippen LogP contribution is 2.34. The topological polar surface area (TPSA) is 139 Å². The number of carbonyl (C=O) groups excluding carboxylic acids is 2. The van der Waals surface area contributed by atoms with Gasteiger partial charge >= 0.3 is 0 Å². The van der Waals surface area contributed by atoms with Gasteiger partial charge in [0.15, 0.2) is 0 Å². The first-order chi connectivity index (χ1) is 17.8. The number of ether oxygens (including phenoxy) is 1. The number of nitro benzene ring substituents is 1. The molecule has 208 valence electrons. The highest BCUT2D eigenvalue weighted by Gasteiger charge is 2.33.